The van der Waals surface area contributed by atoms with Gasteiger partial charge in [0.15, 0.2) is 11.6 Å². The minimum absolute atomic E-state index is 0.247. The summed E-state index contributed by atoms with van der Waals surface area (Å²) < 4.78 is 18.8. The van der Waals surface area contributed by atoms with Crippen LogP contribution in [0.25, 0.3) is 11.3 Å². The van der Waals surface area contributed by atoms with Gasteiger partial charge in [0.1, 0.15) is 11.8 Å². The van der Waals surface area contributed by atoms with Crippen LogP contribution in [0.15, 0.2) is 24.5 Å². The van der Waals surface area contributed by atoms with Crippen LogP contribution in [0.1, 0.15) is 12.7 Å². The van der Waals surface area contributed by atoms with Crippen molar-refractivity contribution in [3.05, 3.63) is 41.3 Å². The smallest absolute Gasteiger partial charge is 0.156 e. The van der Waals surface area contributed by atoms with Crippen molar-refractivity contribution in [2.24, 2.45) is 0 Å². The van der Waals surface area contributed by atoms with Gasteiger partial charge < -0.3 is 4.74 Å². The maximum atomic E-state index is 13.6. The number of aromatic nitrogens is 3. The van der Waals surface area contributed by atoms with Crippen molar-refractivity contribution in [3.63, 3.8) is 0 Å². The van der Waals surface area contributed by atoms with Gasteiger partial charge in [0.2, 0.25) is 0 Å². The van der Waals surface area contributed by atoms with E-state index in [0.717, 1.165) is 6.20 Å². The molecular weight excluding hydrogens is 257 g/mol. The van der Waals surface area contributed by atoms with Crippen molar-refractivity contribution < 1.29 is 9.13 Å². The van der Waals surface area contributed by atoms with E-state index in [1.165, 1.54) is 12.3 Å². The first kappa shape index (κ1) is 12.9. The number of ether oxygens (including phenoxy) is 1. The van der Waals surface area contributed by atoms with Crippen molar-refractivity contribution in [3.8, 4) is 11.3 Å². The van der Waals surface area contributed by atoms with Gasteiger partial charge in [-0.15, -0.1) is 0 Å². The van der Waals surface area contributed by atoms with E-state index in [9.17, 15) is 4.39 Å². The summed E-state index contributed by atoms with van der Waals surface area (Å²) in [4.78, 5) is 11.9. The summed E-state index contributed by atoms with van der Waals surface area (Å²) in [6, 6.07) is 3.05. The third-order valence-electron chi connectivity index (χ3n) is 2.22. The third-order valence-corrected chi connectivity index (χ3v) is 2.42. The number of pyridine rings is 1. The van der Waals surface area contributed by atoms with Gasteiger partial charge >= 0.3 is 0 Å². The fourth-order valence-corrected chi connectivity index (χ4v) is 1.64. The molecule has 0 amide bonds. The molecule has 2 aromatic heterocycles. The van der Waals surface area contributed by atoms with Crippen LogP contribution in [0.5, 0.6) is 0 Å². The predicted molar refractivity (Wildman–Crippen MR) is 65.6 cm³/mol. The molecule has 0 aliphatic heterocycles. The first-order valence-electron chi connectivity index (χ1n) is 5.41. The van der Waals surface area contributed by atoms with Crippen molar-refractivity contribution >= 4 is 11.6 Å². The molecule has 0 unspecified atom stereocenters. The predicted octanol–water partition coefficient (Wildman–Crippen LogP) is 2.87. The van der Waals surface area contributed by atoms with E-state index < -0.39 is 5.82 Å². The Morgan fingerprint density at radius 2 is 2.22 bits per heavy atom. The van der Waals surface area contributed by atoms with E-state index in [0.29, 0.717) is 23.7 Å². The van der Waals surface area contributed by atoms with E-state index in [1.807, 2.05) is 6.92 Å². The van der Waals surface area contributed by atoms with Gasteiger partial charge in [-0.05, 0) is 13.0 Å². The van der Waals surface area contributed by atoms with Crippen molar-refractivity contribution in [1.82, 2.24) is 15.0 Å². The summed E-state index contributed by atoms with van der Waals surface area (Å²) in [6.45, 7) is 2.67. The highest BCUT2D eigenvalue weighted by Crippen LogP contribution is 2.22. The molecular formula is C12H11ClFN3O. The molecule has 0 bridgehead atoms. The lowest BCUT2D eigenvalue weighted by Crippen LogP contribution is -2.01. The number of hydrogen-bond acceptors (Lipinski definition) is 4. The Kier molecular flexibility index (Phi) is 4.17. The Hall–Kier alpha value is -1.59. The lowest BCUT2D eigenvalue weighted by Gasteiger charge is -2.06. The van der Waals surface area contributed by atoms with Crippen LogP contribution in [0.2, 0.25) is 5.15 Å². The molecule has 0 saturated heterocycles. The topological polar surface area (TPSA) is 47.9 Å². The zero-order chi connectivity index (χ0) is 13.0. The molecule has 0 spiro atoms. The summed E-state index contributed by atoms with van der Waals surface area (Å²) in [5.74, 6) is -0.0230. The van der Waals surface area contributed by atoms with Gasteiger partial charge in [0, 0.05) is 24.4 Å². The fourth-order valence-electron chi connectivity index (χ4n) is 1.44. The van der Waals surface area contributed by atoms with Crippen LogP contribution in [0.3, 0.4) is 0 Å². The number of rotatable bonds is 4. The molecule has 0 aromatic carbocycles. The van der Waals surface area contributed by atoms with Gasteiger partial charge in [-0.3, -0.25) is 4.98 Å². The first-order valence-corrected chi connectivity index (χ1v) is 5.79. The Morgan fingerprint density at radius 1 is 1.39 bits per heavy atom. The molecule has 2 aromatic rings. The zero-order valence-electron chi connectivity index (χ0n) is 9.73. The monoisotopic (exact) mass is 267 g/mol. The van der Waals surface area contributed by atoms with E-state index in [-0.39, 0.29) is 11.8 Å². The van der Waals surface area contributed by atoms with Crippen molar-refractivity contribution in [2.45, 2.75) is 13.5 Å². The molecule has 0 aliphatic carbocycles. The molecule has 0 N–H and O–H groups in total. The van der Waals surface area contributed by atoms with E-state index in [2.05, 4.69) is 15.0 Å². The maximum Gasteiger partial charge on any atom is 0.156 e. The van der Waals surface area contributed by atoms with Gasteiger partial charge in [0.05, 0.1) is 11.9 Å². The summed E-state index contributed by atoms with van der Waals surface area (Å²) in [5.41, 5.74) is 0.761. The summed E-state index contributed by atoms with van der Waals surface area (Å²) >= 11 is 5.89. The number of hydrogen-bond donors (Lipinski definition) is 0. The second kappa shape index (κ2) is 5.84. The molecule has 2 heterocycles. The Bertz CT molecular complexity index is 551. The molecule has 6 heteroatoms. The van der Waals surface area contributed by atoms with E-state index in [1.54, 1.807) is 6.07 Å². The Labute approximate surface area is 109 Å². The average molecular weight is 268 g/mol. The van der Waals surface area contributed by atoms with Crippen LogP contribution < -0.4 is 0 Å². The van der Waals surface area contributed by atoms with E-state index in [4.69, 9.17) is 16.3 Å². The van der Waals surface area contributed by atoms with E-state index >= 15 is 0 Å². The summed E-state index contributed by atoms with van der Waals surface area (Å²) in [6.07, 6.45) is 2.63. The number of nitrogens with zero attached hydrogens (tertiary/aromatic N) is 3. The molecule has 0 radical (unpaired) electrons. The second-order valence-electron chi connectivity index (χ2n) is 3.48. The first-order chi connectivity index (χ1) is 8.70. The van der Waals surface area contributed by atoms with Crippen LogP contribution in [0, 0.1) is 5.82 Å². The molecule has 0 fully saturated rings. The minimum Gasteiger partial charge on any atom is -0.374 e. The lowest BCUT2D eigenvalue weighted by atomic mass is 10.2. The number of halogens is 2. The molecule has 18 heavy (non-hydrogen) atoms. The zero-order valence-corrected chi connectivity index (χ0v) is 10.5. The Morgan fingerprint density at radius 3 is 2.94 bits per heavy atom. The highest BCUT2D eigenvalue weighted by atomic mass is 35.5. The van der Waals surface area contributed by atoms with Gasteiger partial charge in [-0.2, -0.15) is 0 Å². The maximum absolute atomic E-state index is 13.6. The third kappa shape index (κ3) is 3.00. The SMILES string of the molecule is CCOCc1nc(Cl)cc(-c2ccncc2F)n1. The lowest BCUT2D eigenvalue weighted by molar-refractivity contribution is 0.128. The highest BCUT2D eigenvalue weighted by molar-refractivity contribution is 6.29. The largest absolute Gasteiger partial charge is 0.374 e. The minimum atomic E-state index is -0.449. The molecule has 0 aliphatic rings. The van der Waals surface area contributed by atoms with Gasteiger partial charge in [0.25, 0.3) is 0 Å². The summed E-state index contributed by atoms with van der Waals surface area (Å²) in [5, 5.41) is 0.255. The van der Waals surface area contributed by atoms with Crippen LogP contribution in [-0.2, 0) is 11.3 Å². The average Bonchev–Trinajstić information content (AvgIpc) is 2.36. The normalized spacial score (nSPS) is 10.6. The standard InChI is InChI=1S/C12H11ClFN3O/c1-2-18-7-12-16-10(5-11(13)17-12)8-3-4-15-6-9(8)14/h3-6H,2,7H2,1H3. The molecule has 0 saturated carbocycles. The molecule has 2 rings (SSSR count). The van der Waals surface area contributed by atoms with Gasteiger partial charge in [-0.25, -0.2) is 14.4 Å². The van der Waals surface area contributed by atoms with Crippen LogP contribution in [-0.4, -0.2) is 21.6 Å². The molecule has 94 valence electrons. The van der Waals surface area contributed by atoms with Crippen LogP contribution >= 0.6 is 11.6 Å². The van der Waals surface area contributed by atoms with Gasteiger partial charge in [-0.1, -0.05) is 11.6 Å². The summed E-state index contributed by atoms with van der Waals surface area (Å²) in [7, 11) is 0. The Balaban J connectivity index is 2.39. The second-order valence-corrected chi connectivity index (χ2v) is 3.87. The van der Waals surface area contributed by atoms with Crippen molar-refractivity contribution in [1.29, 1.82) is 0 Å². The van der Waals surface area contributed by atoms with Crippen LogP contribution in [0.4, 0.5) is 4.39 Å². The molecule has 4 nitrogen and oxygen atoms in total. The molecule has 0 atom stereocenters. The quantitative estimate of drug-likeness (QED) is 0.799. The van der Waals surface area contributed by atoms with Crippen molar-refractivity contribution in [2.75, 3.05) is 6.61 Å². The highest BCUT2D eigenvalue weighted by Gasteiger charge is 2.09. The fraction of sp³-hybridized carbons (Fsp3) is 0.250.